The van der Waals surface area contributed by atoms with E-state index in [1.807, 2.05) is 0 Å². The highest BCUT2D eigenvalue weighted by Crippen LogP contribution is 2.20. The standard InChI is InChI=1S/C8H16INS/c1-10(5-4-9)8-3-2-6-11-7-8/h8H,2-7H2,1H3. The van der Waals surface area contributed by atoms with E-state index in [1.165, 1.54) is 35.3 Å². The highest BCUT2D eigenvalue weighted by molar-refractivity contribution is 14.1. The second kappa shape index (κ2) is 5.65. The summed E-state index contributed by atoms with van der Waals surface area (Å²) >= 11 is 4.56. The van der Waals surface area contributed by atoms with Crippen molar-refractivity contribution in [3.05, 3.63) is 0 Å². The van der Waals surface area contributed by atoms with Gasteiger partial charge >= 0.3 is 0 Å². The molecule has 1 nitrogen and oxygen atoms in total. The maximum absolute atomic E-state index is 2.51. The fourth-order valence-corrected chi connectivity index (χ4v) is 3.38. The maximum atomic E-state index is 2.51. The molecule has 0 aromatic rings. The van der Waals surface area contributed by atoms with Crippen LogP contribution < -0.4 is 0 Å². The lowest BCUT2D eigenvalue weighted by molar-refractivity contribution is 0.262. The highest BCUT2D eigenvalue weighted by Gasteiger charge is 2.16. The van der Waals surface area contributed by atoms with Gasteiger partial charge in [-0.05, 0) is 25.6 Å². The summed E-state index contributed by atoms with van der Waals surface area (Å²) in [6, 6.07) is 0.864. The van der Waals surface area contributed by atoms with Crippen molar-refractivity contribution in [1.29, 1.82) is 0 Å². The van der Waals surface area contributed by atoms with E-state index in [0.717, 1.165) is 6.04 Å². The van der Waals surface area contributed by atoms with Crippen LogP contribution in [0.2, 0.25) is 0 Å². The molecule has 1 aliphatic heterocycles. The minimum Gasteiger partial charge on any atom is -0.302 e. The van der Waals surface area contributed by atoms with E-state index in [4.69, 9.17) is 0 Å². The Balaban J connectivity index is 2.21. The van der Waals surface area contributed by atoms with Crippen LogP contribution >= 0.6 is 34.4 Å². The Kier molecular flexibility index (Phi) is 5.20. The van der Waals surface area contributed by atoms with Crippen molar-refractivity contribution in [1.82, 2.24) is 4.90 Å². The second-order valence-corrected chi connectivity index (χ2v) is 5.27. The maximum Gasteiger partial charge on any atom is 0.0183 e. The van der Waals surface area contributed by atoms with Crippen molar-refractivity contribution >= 4 is 34.4 Å². The largest absolute Gasteiger partial charge is 0.302 e. The molecule has 0 bridgehead atoms. The first-order chi connectivity index (χ1) is 5.34. The van der Waals surface area contributed by atoms with Gasteiger partial charge in [0.15, 0.2) is 0 Å². The second-order valence-electron chi connectivity index (χ2n) is 3.04. The molecule has 0 saturated carbocycles. The summed E-state index contributed by atoms with van der Waals surface area (Å²) in [5.74, 6) is 2.74. The van der Waals surface area contributed by atoms with Crippen LogP contribution in [0.25, 0.3) is 0 Å². The summed E-state index contributed by atoms with van der Waals surface area (Å²) in [6.45, 7) is 1.26. The van der Waals surface area contributed by atoms with Crippen LogP contribution in [0.15, 0.2) is 0 Å². The van der Waals surface area contributed by atoms with Crippen molar-refractivity contribution in [3.8, 4) is 0 Å². The number of halogens is 1. The SMILES string of the molecule is CN(CCI)C1CCCSC1. The molecule has 1 atom stereocenters. The average Bonchev–Trinajstić information content (AvgIpc) is 2.07. The van der Waals surface area contributed by atoms with Crippen LogP contribution in [-0.4, -0.2) is 40.5 Å². The monoisotopic (exact) mass is 285 g/mol. The number of hydrogen-bond donors (Lipinski definition) is 0. The van der Waals surface area contributed by atoms with Gasteiger partial charge < -0.3 is 4.90 Å². The number of nitrogens with zero attached hydrogens (tertiary/aromatic N) is 1. The molecule has 0 spiro atoms. The molecule has 0 aliphatic carbocycles. The quantitative estimate of drug-likeness (QED) is 0.578. The highest BCUT2D eigenvalue weighted by atomic mass is 127. The minimum atomic E-state index is 0.864. The smallest absolute Gasteiger partial charge is 0.0183 e. The molecule has 1 aliphatic rings. The molecule has 0 radical (unpaired) electrons. The average molecular weight is 285 g/mol. The van der Waals surface area contributed by atoms with Crippen LogP contribution in [0.3, 0.4) is 0 Å². The van der Waals surface area contributed by atoms with Gasteiger partial charge in [0.2, 0.25) is 0 Å². The van der Waals surface area contributed by atoms with Gasteiger partial charge in [-0.2, -0.15) is 11.8 Å². The first-order valence-corrected chi connectivity index (χ1v) is 6.86. The first-order valence-electron chi connectivity index (χ1n) is 4.18. The van der Waals surface area contributed by atoms with Crippen LogP contribution in [0.4, 0.5) is 0 Å². The zero-order valence-corrected chi connectivity index (χ0v) is 10.0. The Bertz CT molecular complexity index is 104. The predicted molar refractivity (Wildman–Crippen MR) is 61.9 cm³/mol. The van der Waals surface area contributed by atoms with Crippen molar-refractivity contribution in [3.63, 3.8) is 0 Å². The minimum absolute atomic E-state index is 0.864. The molecule has 1 rings (SSSR count). The van der Waals surface area contributed by atoms with Gasteiger partial charge in [0.1, 0.15) is 0 Å². The molecular weight excluding hydrogens is 269 g/mol. The normalized spacial score (nSPS) is 25.9. The molecular formula is C8H16INS. The summed E-state index contributed by atoms with van der Waals surface area (Å²) in [5.41, 5.74) is 0. The zero-order valence-electron chi connectivity index (χ0n) is 7.05. The van der Waals surface area contributed by atoms with Crippen LogP contribution in [-0.2, 0) is 0 Å². The lowest BCUT2D eigenvalue weighted by Gasteiger charge is -2.30. The van der Waals surface area contributed by atoms with E-state index >= 15 is 0 Å². The van der Waals surface area contributed by atoms with Crippen LogP contribution in [0.5, 0.6) is 0 Å². The Morgan fingerprint density at radius 3 is 3.00 bits per heavy atom. The molecule has 0 aromatic carbocycles. The lowest BCUT2D eigenvalue weighted by atomic mass is 10.1. The zero-order chi connectivity index (χ0) is 8.10. The van der Waals surface area contributed by atoms with E-state index in [9.17, 15) is 0 Å². The van der Waals surface area contributed by atoms with Crippen molar-refractivity contribution in [2.45, 2.75) is 18.9 Å². The lowest BCUT2D eigenvalue weighted by Crippen LogP contribution is -2.36. The Morgan fingerprint density at radius 1 is 1.64 bits per heavy atom. The molecule has 1 unspecified atom stereocenters. The molecule has 1 heterocycles. The molecule has 1 saturated heterocycles. The van der Waals surface area contributed by atoms with Gasteiger partial charge in [-0.3, -0.25) is 0 Å². The van der Waals surface area contributed by atoms with Gasteiger partial charge in [-0.1, -0.05) is 22.6 Å². The summed E-state index contributed by atoms with van der Waals surface area (Å²) in [6.07, 6.45) is 2.83. The first kappa shape index (κ1) is 10.1. The van der Waals surface area contributed by atoms with E-state index in [2.05, 4.69) is 46.3 Å². The van der Waals surface area contributed by atoms with E-state index in [1.54, 1.807) is 0 Å². The third kappa shape index (κ3) is 3.51. The summed E-state index contributed by atoms with van der Waals surface area (Å²) in [7, 11) is 2.26. The predicted octanol–water partition coefficient (Wildman–Crippen LogP) is 2.25. The Labute approximate surface area is 87.4 Å². The van der Waals surface area contributed by atoms with Gasteiger partial charge in [0, 0.05) is 22.8 Å². The van der Waals surface area contributed by atoms with Crippen molar-refractivity contribution in [2.75, 3.05) is 29.5 Å². The van der Waals surface area contributed by atoms with E-state index in [-0.39, 0.29) is 0 Å². The summed E-state index contributed by atoms with van der Waals surface area (Å²) in [4.78, 5) is 2.51. The third-order valence-corrected chi connectivity index (χ3v) is 3.88. The molecule has 0 N–H and O–H groups in total. The van der Waals surface area contributed by atoms with Gasteiger partial charge in [-0.25, -0.2) is 0 Å². The number of alkyl halides is 1. The molecule has 0 aromatic heterocycles. The molecule has 0 amide bonds. The van der Waals surface area contributed by atoms with Crippen molar-refractivity contribution in [2.24, 2.45) is 0 Å². The fraction of sp³-hybridized carbons (Fsp3) is 1.00. The van der Waals surface area contributed by atoms with Gasteiger partial charge in [0.25, 0.3) is 0 Å². The fourth-order valence-electron chi connectivity index (χ4n) is 1.39. The Morgan fingerprint density at radius 2 is 2.45 bits per heavy atom. The third-order valence-electron chi connectivity index (χ3n) is 2.20. The number of hydrogen-bond acceptors (Lipinski definition) is 2. The summed E-state index contributed by atoms with van der Waals surface area (Å²) < 4.78 is 1.26. The summed E-state index contributed by atoms with van der Waals surface area (Å²) in [5, 5.41) is 0. The molecule has 1 fully saturated rings. The van der Waals surface area contributed by atoms with Crippen molar-refractivity contribution < 1.29 is 0 Å². The van der Waals surface area contributed by atoms with Gasteiger partial charge in [-0.15, -0.1) is 0 Å². The van der Waals surface area contributed by atoms with Crippen LogP contribution in [0, 0.1) is 0 Å². The molecule has 11 heavy (non-hydrogen) atoms. The van der Waals surface area contributed by atoms with Gasteiger partial charge in [0.05, 0.1) is 0 Å². The van der Waals surface area contributed by atoms with Crippen LogP contribution in [0.1, 0.15) is 12.8 Å². The number of rotatable bonds is 3. The topological polar surface area (TPSA) is 3.24 Å². The van der Waals surface area contributed by atoms with E-state index < -0.39 is 0 Å². The van der Waals surface area contributed by atoms with E-state index in [0.29, 0.717) is 0 Å². The molecule has 66 valence electrons. The Hall–Kier alpha value is 1.04. The number of thioether (sulfide) groups is 1. The molecule has 3 heteroatoms.